The van der Waals surface area contributed by atoms with Gasteiger partial charge in [0, 0.05) is 26.1 Å². The van der Waals surface area contributed by atoms with E-state index in [2.05, 4.69) is 82.9 Å². The smallest absolute Gasteiger partial charge is 0.167 e. The van der Waals surface area contributed by atoms with Crippen molar-refractivity contribution < 1.29 is 18.3 Å². The molecule has 2 heterocycles. The van der Waals surface area contributed by atoms with Crippen LogP contribution in [-0.4, -0.2) is 31.1 Å². The summed E-state index contributed by atoms with van der Waals surface area (Å²) in [7, 11) is -2.20. The van der Waals surface area contributed by atoms with Gasteiger partial charge in [-0.25, -0.2) is 13.4 Å². The van der Waals surface area contributed by atoms with Crippen molar-refractivity contribution in [2.24, 2.45) is 10.2 Å². The average molecular weight is 504 g/mol. The number of hydrogen-bond donors (Lipinski definition) is 1. The summed E-state index contributed by atoms with van der Waals surface area (Å²) in [4.78, 5) is -0.178. The third-order valence-electron chi connectivity index (χ3n) is 6.04. The molecule has 0 aliphatic carbocycles. The molecule has 0 saturated carbocycles. The monoisotopic (exact) mass is 503 g/mol. The minimum atomic E-state index is -4.27. The highest BCUT2D eigenvalue weighted by Gasteiger charge is 2.29. The second-order valence-electron chi connectivity index (χ2n) is 8.72. The van der Waals surface area contributed by atoms with Gasteiger partial charge in [-0.05, 0) is 50.3 Å². The van der Waals surface area contributed by atoms with Crippen LogP contribution in [0.25, 0.3) is 5.70 Å². The van der Waals surface area contributed by atoms with E-state index in [-0.39, 0.29) is 10.9 Å². The Morgan fingerprint density at radius 1 is 0.889 bits per heavy atom. The van der Waals surface area contributed by atoms with Gasteiger partial charge >= 0.3 is 0 Å². The molecule has 0 amide bonds. The zero-order valence-electron chi connectivity index (χ0n) is 20.7. The van der Waals surface area contributed by atoms with Gasteiger partial charge in [0.05, 0.1) is 16.1 Å². The molecule has 0 spiro atoms. The van der Waals surface area contributed by atoms with Crippen LogP contribution in [0.1, 0.15) is 25.0 Å². The number of azo groups is 1. The molecule has 3 aromatic carbocycles. The highest BCUT2D eigenvalue weighted by molar-refractivity contribution is 7.85. The third kappa shape index (κ3) is 5.60. The molecule has 186 valence electrons. The Morgan fingerprint density at radius 2 is 1.53 bits per heavy atom. The Balaban J connectivity index is 0.000000233. The number of quaternary nitrogens is 1. The van der Waals surface area contributed by atoms with E-state index in [9.17, 15) is 13.0 Å². The van der Waals surface area contributed by atoms with Crippen molar-refractivity contribution in [1.82, 2.24) is 5.01 Å². The fourth-order valence-electron chi connectivity index (χ4n) is 3.99. The van der Waals surface area contributed by atoms with Gasteiger partial charge in [-0.3, -0.25) is 10.3 Å². The number of hydrogen-bond acceptors (Lipinski definition) is 7. The minimum Gasteiger partial charge on any atom is -0.744 e. The van der Waals surface area contributed by atoms with Crippen LogP contribution < -0.4 is 10.3 Å². The molecule has 3 aromatic rings. The molecule has 8 nitrogen and oxygen atoms in total. The number of rotatable bonds is 4. The number of fused-ring (bicyclic) bond motifs is 1. The number of anilines is 1. The molecule has 0 saturated heterocycles. The lowest BCUT2D eigenvalue weighted by atomic mass is 10.1. The Hall–Kier alpha value is -3.63. The van der Waals surface area contributed by atoms with E-state index < -0.39 is 10.1 Å². The maximum absolute atomic E-state index is 10.4. The lowest BCUT2D eigenvalue weighted by molar-refractivity contribution is -0.512. The van der Waals surface area contributed by atoms with Gasteiger partial charge in [0.15, 0.2) is 11.5 Å². The number of nitrogens with two attached hydrogens (primary N) is 1. The number of nitrogens with zero attached hydrogens (tertiary/aromatic N) is 4. The molecule has 0 bridgehead atoms. The minimum absolute atomic E-state index is 0.178. The average Bonchev–Trinajstić information content (AvgIpc) is 3.32. The van der Waals surface area contributed by atoms with Crippen LogP contribution in [-0.2, 0) is 10.1 Å². The number of benzene rings is 3. The van der Waals surface area contributed by atoms with E-state index in [1.165, 1.54) is 17.8 Å². The van der Waals surface area contributed by atoms with Crippen LogP contribution in [0, 0.1) is 6.92 Å². The fourth-order valence-corrected chi connectivity index (χ4v) is 4.46. The summed E-state index contributed by atoms with van der Waals surface area (Å²) >= 11 is 0. The summed E-state index contributed by atoms with van der Waals surface area (Å²) in [5, 5.41) is 15.6. The Kier molecular flexibility index (Phi) is 7.46. The molecule has 9 heteroatoms. The maximum atomic E-state index is 10.4. The highest BCUT2D eigenvalue weighted by Crippen LogP contribution is 2.32. The Labute approximate surface area is 212 Å². The molecule has 2 aliphatic rings. The van der Waals surface area contributed by atoms with Crippen molar-refractivity contribution in [3.8, 4) is 0 Å². The van der Waals surface area contributed by atoms with Gasteiger partial charge in [0.25, 0.3) is 0 Å². The summed E-state index contributed by atoms with van der Waals surface area (Å²) in [5.74, 6) is 0.853. The Morgan fingerprint density at radius 3 is 2.19 bits per heavy atom. The molecule has 36 heavy (non-hydrogen) atoms. The van der Waals surface area contributed by atoms with E-state index in [4.69, 9.17) is 0 Å². The molecule has 2 N–H and O–H groups in total. The van der Waals surface area contributed by atoms with Gasteiger partial charge in [-0.1, -0.05) is 48.0 Å². The van der Waals surface area contributed by atoms with Crippen molar-refractivity contribution in [1.29, 1.82) is 0 Å². The van der Waals surface area contributed by atoms with Crippen LogP contribution in [0.4, 0.5) is 11.4 Å². The number of hydrazine groups is 1. The molecule has 5 rings (SSSR count). The van der Waals surface area contributed by atoms with Crippen molar-refractivity contribution >= 4 is 27.2 Å². The fraction of sp³-hybridized carbons (Fsp3) is 0.185. The molecule has 2 aliphatic heterocycles. The lowest BCUT2D eigenvalue weighted by Crippen LogP contribution is -2.73. The number of aryl methyl sites for hydroxylation is 1. The number of likely N-dealkylation sites (N-methyl/N-ethyl adjacent to an activating group) is 1. The summed E-state index contributed by atoms with van der Waals surface area (Å²) in [6, 6.07) is 24.6. The van der Waals surface area contributed by atoms with Gasteiger partial charge in [0.2, 0.25) is 0 Å². The van der Waals surface area contributed by atoms with E-state index in [1.807, 2.05) is 31.2 Å². The SMILES string of the molecule is CC1=C(N=NC2=CC(C)N(C)N2c2ccccc2)c2ccccc2[NH2+]1.Cc1ccc(S(=O)(=O)[O-])cc1. The maximum Gasteiger partial charge on any atom is 0.167 e. The first-order valence-electron chi connectivity index (χ1n) is 11.5. The quantitative estimate of drug-likeness (QED) is 0.320. The van der Waals surface area contributed by atoms with E-state index in [1.54, 1.807) is 12.1 Å². The molecule has 1 unspecified atom stereocenters. The van der Waals surface area contributed by atoms with Crippen LogP contribution in [0.2, 0.25) is 0 Å². The second-order valence-corrected chi connectivity index (χ2v) is 10.1. The molecule has 1 atom stereocenters. The first-order valence-corrected chi connectivity index (χ1v) is 12.9. The third-order valence-corrected chi connectivity index (χ3v) is 6.89. The lowest BCUT2D eigenvalue weighted by Gasteiger charge is -2.29. The van der Waals surface area contributed by atoms with Crippen molar-refractivity contribution in [2.75, 3.05) is 12.1 Å². The van der Waals surface area contributed by atoms with E-state index >= 15 is 0 Å². The normalized spacial score (nSPS) is 17.8. The molecule has 0 radical (unpaired) electrons. The second kappa shape index (κ2) is 10.5. The largest absolute Gasteiger partial charge is 0.744 e. The van der Waals surface area contributed by atoms with Crippen LogP contribution in [0.5, 0.6) is 0 Å². The summed E-state index contributed by atoms with van der Waals surface area (Å²) in [6.07, 6.45) is 2.14. The predicted octanol–water partition coefficient (Wildman–Crippen LogP) is 4.53. The number of para-hydroxylation sites is 2. The number of allylic oxidation sites excluding steroid dienone is 1. The zero-order chi connectivity index (χ0) is 25.9. The van der Waals surface area contributed by atoms with Crippen LogP contribution in [0.3, 0.4) is 0 Å². The summed E-state index contributed by atoms with van der Waals surface area (Å²) < 4.78 is 31.2. The Bertz CT molecular complexity index is 1430. The van der Waals surface area contributed by atoms with E-state index in [0.29, 0.717) is 0 Å². The van der Waals surface area contributed by atoms with E-state index in [0.717, 1.165) is 34.0 Å². The van der Waals surface area contributed by atoms with Crippen molar-refractivity contribution in [3.63, 3.8) is 0 Å². The van der Waals surface area contributed by atoms with Gasteiger partial charge in [-0.15, -0.1) is 10.2 Å². The van der Waals surface area contributed by atoms with Crippen molar-refractivity contribution in [2.45, 2.75) is 31.7 Å². The topological polar surface area (TPSA) is 105 Å². The summed E-state index contributed by atoms with van der Waals surface area (Å²) in [6.45, 7) is 6.06. The molecule has 0 aromatic heterocycles. The summed E-state index contributed by atoms with van der Waals surface area (Å²) in [5.41, 5.74) is 6.47. The highest BCUT2D eigenvalue weighted by atomic mass is 32.2. The van der Waals surface area contributed by atoms with Gasteiger partial charge < -0.3 is 4.55 Å². The molecular formula is C27H29N5O3S. The van der Waals surface area contributed by atoms with Gasteiger partial charge in [-0.2, -0.15) is 0 Å². The standard InChI is InChI=1S/C20H21N5.C7H8O3S/c1-14-13-19(25(24(14)3)16-9-5-4-6-10-16)22-23-20-15(2)21-18-12-8-7-11-17(18)20;1-6-2-4-7(5-3-6)11(8,9)10/h4-14,21H,1-3H3;2-5H,1H3,(H,8,9,10). The van der Waals surface area contributed by atoms with Crippen molar-refractivity contribution in [3.05, 3.63) is 108 Å². The predicted molar refractivity (Wildman–Crippen MR) is 139 cm³/mol. The molecule has 0 fully saturated rings. The zero-order valence-corrected chi connectivity index (χ0v) is 21.5. The van der Waals surface area contributed by atoms with Crippen LogP contribution >= 0.6 is 0 Å². The first kappa shape index (κ1) is 25.5. The van der Waals surface area contributed by atoms with Crippen LogP contribution in [0.15, 0.2) is 112 Å². The first-order chi connectivity index (χ1) is 17.1. The molecular weight excluding hydrogens is 474 g/mol. The van der Waals surface area contributed by atoms with Gasteiger partial charge in [0.1, 0.15) is 21.5 Å².